The smallest absolute Gasteiger partial charge is 0.192 e. The number of aromatic nitrogens is 3. The summed E-state index contributed by atoms with van der Waals surface area (Å²) in [5.74, 6) is 2.50. The maximum Gasteiger partial charge on any atom is 0.192 e. The Bertz CT molecular complexity index is 814. The predicted octanol–water partition coefficient (Wildman–Crippen LogP) is 2.39. The minimum Gasteiger partial charge on any atom is -0.368 e. The largest absolute Gasteiger partial charge is 0.368 e. The fourth-order valence-electron chi connectivity index (χ4n) is 3.06. The van der Waals surface area contributed by atoms with Crippen LogP contribution in [0.2, 0.25) is 0 Å². The number of nitrogens with one attached hydrogen (secondary N) is 2. The van der Waals surface area contributed by atoms with Crippen molar-refractivity contribution in [3.05, 3.63) is 53.0 Å². The number of aliphatic imine (C=N–C) groups is 1. The van der Waals surface area contributed by atoms with Crippen LogP contribution in [0.1, 0.15) is 18.1 Å². The Morgan fingerprint density at radius 2 is 2.22 bits per heavy atom. The van der Waals surface area contributed by atoms with Crippen molar-refractivity contribution < 1.29 is 0 Å². The number of hydrogen-bond acceptors (Lipinski definition) is 4. The molecule has 1 aromatic heterocycles. The van der Waals surface area contributed by atoms with E-state index in [-0.39, 0.29) is 0 Å². The molecule has 1 unspecified atom stereocenters. The molecule has 8 heteroatoms. The quantitative estimate of drug-likeness (QED) is 0.417. The van der Waals surface area contributed by atoms with Gasteiger partial charge in [-0.25, -0.2) is 4.99 Å². The number of benzene rings is 1. The van der Waals surface area contributed by atoms with Crippen molar-refractivity contribution in [2.75, 3.05) is 24.5 Å². The van der Waals surface area contributed by atoms with E-state index in [1.54, 1.807) is 0 Å². The molecule has 0 amide bonds. The molecule has 0 aliphatic carbocycles. The number of para-hydroxylation sites is 1. The third-order valence-corrected chi connectivity index (χ3v) is 5.37. The van der Waals surface area contributed by atoms with Gasteiger partial charge in [-0.05, 0) is 41.4 Å². The van der Waals surface area contributed by atoms with Gasteiger partial charge in [0.05, 0.1) is 5.69 Å². The lowest BCUT2D eigenvalue weighted by atomic mass is 10.3. The van der Waals surface area contributed by atoms with Crippen LogP contribution in [0.15, 0.2) is 46.4 Å². The third kappa shape index (κ3) is 4.88. The van der Waals surface area contributed by atoms with Gasteiger partial charge < -0.3 is 20.1 Å². The summed E-state index contributed by atoms with van der Waals surface area (Å²) in [7, 11) is 1.96. The molecule has 1 aliphatic heterocycles. The van der Waals surface area contributed by atoms with Gasteiger partial charge in [0.1, 0.15) is 12.4 Å². The van der Waals surface area contributed by atoms with Gasteiger partial charge in [0.15, 0.2) is 11.8 Å². The third-order valence-electron chi connectivity index (χ3n) is 4.70. The molecule has 1 fully saturated rings. The van der Waals surface area contributed by atoms with Crippen molar-refractivity contribution in [2.24, 2.45) is 12.0 Å². The van der Waals surface area contributed by atoms with Gasteiger partial charge in [0.25, 0.3) is 0 Å². The standard InChI is InChI=1S/C19H26BrN7/c1-4-10-21-19(22-12-18-25-24-14(2)26(18)3)23-15-9-11-27(13-15)17-8-6-5-7-16(17)20/h4-8,15H,1,9-13H2,2-3H3,(H2,21,22,23). The maximum absolute atomic E-state index is 4.68. The summed E-state index contributed by atoms with van der Waals surface area (Å²) in [6.07, 6.45) is 2.88. The minimum absolute atomic E-state index is 0.328. The van der Waals surface area contributed by atoms with Crippen LogP contribution < -0.4 is 15.5 Å². The van der Waals surface area contributed by atoms with E-state index in [4.69, 9.17) is 0 Å². The molecular formula is C19H26BrN7. The molecule has 0 spiro atoms. The van der Waals surface area contributed by atoms with Gasteiger partial charge in [-0.2, -0.15) is 0 Å². The average molecular weight is 432 g/mol. The van der Waals surface area contributed by atoms with Crippen LogP contribution in [0, 0.1) is 6.92 Å². The Morgan fingerprint density at radius 3 is 2.93 bits per heavy atom. The van der Waals surface area contributed by atoms with Gasteiger partial charge in [-0.1, -0.05) is 18.2 Å². The van der Waals surface area contributed by atoms with Crippen molar-refractivity contribution in [1.29, 1.82) is 0 Å². The highest BCUT2D eigenvalue weighted by atomic mass is 79.9. The summed E-state index contributed by atoms with van der Waals surface area (Å²) in [6.45, 7) is 8.79. The van der Waals surface area contributed by atoms with Crippen LogP contribution in [-0.2, 0) is 13.6 Å². The molecule has 7 nitrogen and oxygen atoms in total. The number of nitrogens with zero attached hydrogens (tertiary/aromatic N) is 5. The molecule has 0 radical (unpaired) electrons. The van der Waals surface area contributed by atoms with Crippen molar-refractivity contribution >= 4 is 27.6 Å². The maximum atomic E-state index is 4.68. The van der Waals surface area contributed by atoms with Crippen molar-refractivity contribution in [3.8, 4) is 0 Å². The van der Waals surface area contributed by atoms with E-state index in [2.05, 4.69) is 71.4 Å². The molecule has 2 heterocycles. The second-order valence-corrected chi connectivity index (χ2v) is 7.44. The first kappa shape index (κ1) is 19.4. The zero-order chi connectivity index (χ0) is 19.2. The summed E-state index contributed by atoms with van der Waals surface area (Å²) in [6, 6.07) is 8.67. The van der Waals surface area contributed by atoms with E-state index in [1.165, 1.54) is 5.69 Å². The fourth-order valence-corrected chi connectivity index (χ4v) is 3.59. The van der Waals surface area contributed by atoms with Crippen molar-refractivity contribution in [1.82, 2.24) is 25.4 Å². The summed E-state index contributed by atoms with van der Waals surface area (Å²) < 4.78 is 3.08. The topological polar surface area (TPSA) is 70.4 Å². The van der Waals surface area contributed by atoms with Crippen LogP contribution in [-0.4, -0.2) is 46.4 Å². The van der Waals surface area contributed by atoms with E-state index in [9.17, 15) is 0 Å². The average Bonchev–Trinajstić information content (AvgIpc) is 3.25. The second-order valence-electron chi connectivity index (χ2n) is 6.58. The predicted molar refractivity (Wildman–Crippen MR) is 113 cm³/mol. The first-order valence-electron chi connectivity index (χ1n) is 9.08. The highest BCUT2D eigenvalue weighted by Crippen LogP contribution is 2.28. The Balaban J connectivity index is 1.64. The summed E-state index contributed by atoms with van der Waals surface area (Å²) in [5.41, 5.74) is 1.23. The molecule has 2 aromatic rings. The van der Waals surface area contributed by atoms with Crippen LogP contribution in [0.25, 0.3) is 0 Å². The highest BCUT2D eigenvalue weighted by Gasteiger charge is 2.24. The fraction of sp³-hybridized carbons (Fsp3) is 0.421. The first-order valence-corrected chi connectivity index (χ1v) is 9.88. The van der Waals surface area contributed by atoms with Crippen molar-refractivity contribution in [3.63, 3.8) is 0 Å². The molecule has 1 aliphatic rings. The molecular weight excluding hydrogens is 406 g/mol. The van der Waals surface area contributed by atoms with E-state index in [1.807, 2.05) is 30.7 Å². The zero-order valence-corrected chi connectivity index (χ0v) is 17.4. The number of halogens is 1. The van der Waals surface area contributed by atoms with E-state index < -0.39 is 0 Å². The van der Waals surface area contributed by atoms with Gasteiger partial charge in [0, 0.05) is 37.2 Å². The SMILES string of the molecule is C=CCNC(=NCc1nnc(C)n1C)NC1CCN(c2ccccc2Br)C1. The van der Waals surface area contributed by atoms with Gasteiger partial charge >= 0.3 is 0 Å². The zero-order valence-electron chi connectivity index (χ0n) is 15.8. The molecule has 3 rings (SSSR count). The molecule has 27 heavy (non-hydrogen) atoms. The number of guanidine groups is 1. The molecule has 0 saturated carbocycles. The molecule has 1 aromatic carbocycles. The lowest BCUT2D eigenvalue weighted by Gasteiger charge is -2.21. The number of hydrogen-bond donors (Lipinski definition) is 2. The van der Waals surface area contributed by atoms with E-state index in [0.29, 0.717) is 19.1 Å². The Labute approximate surface area is 168 Å². The lowest BCUT2D eigenvalue weighted by molar-refractivity contribution is 0.649. The Hall–Kier alpha value is -2.35. The van der Waals surface area contributed by atoms with Gasteiger partial charge in [-0.15, -0.1) is 16.8 Å². The van der Waals surface area contributed by atoms with Crippen LogP contribution in [0.5, 0.6) is 0 Å². The molecule has 2 N–H and O–H groups in total. The Kier molecular flexibility index (Phi) is 6.49. The first-order chi connectivity index (χ1) is 13.1. The highest BCUT2D eigenvalue weighted by molar-refractivity contribution is 9.10. The van der Waals surface area contributed by atoms with Crippen LogP contribution in [0.4, 0.5) is 5.69 Å². The summed E-state index contributed by atoms with van der Waals surface area (Å²) >= 11 is 3.65. The number of aryl methyl sites for hydroxylation is 1. The molecule has 0 bridgehead atoms. The molecule has 1 saturated heterocycles. The van der Waals surface area contributed by atoms with E-state index in [0.717, 1.165) is 41.6 Å². The summed E-state index contributed by atoms with van der Waals surface area (Å²) in [5, 5.41) is 15.1. The van der Waals surface area contributed by atoms with E-state index >= 15 is 0 Å². The normalized spacial score (nSPS) is 17.2. The second kappa shape index (κ2) is 9.03. The van der Waals surface area contributed by atoms with Crippen molar-refractivity contribution in [2.45, 2.75) is 25.9 Å². The van der Waals surface area contributed by atoms with Crippen LogP contribution in [0.3, 0.4) is 0 Å². The number of rotatable bonds is 6. The lowest BCUT2D eigenvalue weighted by Crippen LogP contribution is -2.44. The monoisotopic (exact) mass is 431 g/mol. The summed E-state index contributed by atoms with van der Waals surface area (Å²) in [4.78, 5) is 7.07. The van der Waals surface area contributed by atoms with Crippen LogP contribution >= 0.6 is 15.9 Å². The number of anilines is 1. The molecule has 144 valence electrons. The van der Waals surface area contributed by atoms with Gasteiger partial charge in [-0.3, -0.25) is 0 Å². The Morgan fingerprint density at radius 1 is 1.41 bits per heavy atom. The molecule has 1 atom stereocenters. The van der Waals surface area contributed by atoms with Gasteiger partial charge in [0.2, 0.25) is 0 Å². The minimum atomic E-state index is 0.328.